The number of carbonyl (C=O) groups excluding carboxylic acids is 2. The van der Waals surface area contributed by atoms with Crippen LogP contribution in [-0.2, 0) is 9.53 Å². The van der Waals surface area contributed by atoms with Gasteiger partial charge in [0, 0.05) is 31.8 Å². The fraction of sp³-hybridized carbons (Fsp3) is 0.667. The molecule has 1 atom stereocenters. The quantitative estimate of drug-likeness (QED) is 0.896. The Labute approximate surface area is 129 Å². The van der Waals surface area contributed by atoms with Crippen LogP contribution in [0.4, 0.5) is 0 Å². The van der Waals surface area contributed by atoms with Crippen molar-refractivity contribution in [1.82, 2.24) is 15.4 Å². The second kappa shape index (κ2) is 6.48. The van der Waals surface area contributed by atoms with Gasteiger partial charge in [0.05, 0.1) is 5.69 Å². The van der Waals surface area contributed by atoms with Crippen LogP contribution in [0.25, 0.3) is 0 Å². The molecule has 0 saturated carbocycles. The number of hydrogen-bond donors (Lipinski definition) is 1. The first-order chi connectivity index (χ1) is 10.6. The van der Waals surface area contributed by atoms with Crippen molar-refractivity contribution in [3.8, 4) is 0 Å². The molecule has 0 aliphatic carbocycles. The summed E-state index contributed by atoms with van der Waals surface area (Å²) in [5.74, 6) is 0.0769. The average Bonchev–Trinajstić information content (AvgIpc) is 3.18. The topological polar surface area (TPSA) is 84.7 Å². The highest BCUT2D eigenvalue weighted by molar-refractivity contribution is 5.91. The molecule has 1 aromatic heterocycles. The van der Waals surface area contributed by atoms with E-state index in [4.69, 9.17) is 9.26 Å². The Balaban J connectivity index is 1.47. The number of hydrogen-bond acceptors (Lipinski definition) is 5. The summed E-state index contributed by atoms with van der Waals surface area (Å²) in [6, 6.07) is 1.68. The molecule has 7 heteroatoms. The SMILES string of the molecule is Cc1cc(C(=O)NC2CCN(C(=O)[C@@H]3CCCO3)CC2)on1. The Hall–Kier alpha value is -1.89. The predicted molar refractivity (Wildman–Crippen MR) is 77.3 cm³/mol. The molecule has 0 unspecified atom stereocenters. The Morgan fingerprint density at radius 2 is 2.09 bits per heavy atom. The van der Waals surface area contributed by atoms with Gasteiger partial charge in [-0.05, 0) is 32.6 Å². The van der Waals surface area contributed by atoms with E-state index in [1.165, 1.54) is 0 Å². The third kappa shape index (κ3) is 3.30. The van der Waals surface area contributed by atoms with Gasteiger partial charge >= 0.3 is 0 Å². The summed E-state index contributed by atoms with van der Waals surface area (Å²) < 4.78 is 10.4. The zero-order valence-electron chi connectivity index (χ0n) is 12.7. The summed E-state index contributed by atoms with van der Waals surface area (Å²) in [7, 11) is 0. The average molecular weight is 307 g/mol. The molecule has 3 heterocycles. The van der Waals surface area contributed by atoms with Crippen molar-refractivity contribution in [1.29, 1.82) is 0 Å². The fourth-order valence-electron chi connectivity index (χ4n) is 2.95. The van der Waals surface area contributed by atoms with Gasteiger partial charge in [0.2, 0.25) is 5.76 Å². The van der Waals surface area contributed by atoms with Crippen molar-refractivity contribution in [2.24, 2.45) is 0 Å². The van der Waals surface area contributed by atoms with Crippen molar-refractivity contribution in [3.05, 3.63) is 17.5 Å². The van der Waals surface area contributed by atoms with Crippen LogP contribution >= 0.6 is 0 Å². The van der Waals surface area contributed by atoms with E-state index in [0.29, 0.717) is 25.4 Å². The largest absolute Gasteiger partial charge is 0.368 e. The third-order valence-corrected chi connectivity index (χ3v) is 4.20. The van der Waals surface area contributed by atoms with Crippen LogP contribution in [0.15, 0.2) is 10.6 Å². The second-order valence-electron chi connectivity index (χ2n) is 5.91. The van der Waals surface area contributed by atoms with Crippen LogP contribution in [-0.4, -0.2) is 53.7 Å². The van der Waals surface area contributed by atoms with E-state index in [1.807, 2.05) is 4.90 Å². The van der Waals surface area contributed by atoms with Crippen LogP contribution in [0.1, 0.15) is 41.9 Å². The summed E-state index contributed by atoms with van der Waals surface area (Å²) in [5, 5.41) is 6.64. The number of ether oxygens (including phenoxy) is 1. The highest BCUT2D eigenvalue weighted by Crippen LogP contribution is 2.18. The maximum absolute atomic E-state index is 12.2. The minimum absolute atomic E-state index is 0.0615. The van der Waals surface area contributed by atoms with Crippen LogP contribution < -0.4 is 5.32 Å². The molecule has 0 aromatic carbocycles. The summed E-state index contributed by atoms with van der Waals surface area (Å²) >= 11 is 0. The lowest BCUT2D eigenvalue weighted by Crippen LogP contribution is -2.49. The molecule has 0 bridgehead atoms. The summed E-state index contributed by atoms with van der Waals surface area (Å²) in [6.07, 6.45) is 3.01. The standard InChI is InChI=1S/C15H21N3O4/c1-10-9-13(22-17-10)14(19)16-11-4-6-18(7-5-11)15(20)12-3-2-8-21-12/h9,11-12H,2-8H2,1H3,(H,16,19)/t12-/m0/s1. The highest BCUT2D eigenvalue weighted by atomic mass is 16.5. The number of amides is 2. The van der Waals surface area contributed by atoms with Gasteiger partial charge in [-0.15, -0.1) is 0 Å². The molecule has 2 saturated heterocycles. The molecule has 120 valence electrons. The maximum atomic E-state index is 12.2. The number of carbonyl (C=O) groups is 2. The molecule has 2 amide bonds. The summed E-state index contributed by atoms with van der Waals surface area (Å²) in [6.45, 7) is 3.76. The highest BCUT2D eigenvalue weighted by Gasteiger charge is 2.31. The fourth-order valence-corrected chi connectivity index (χ4v) is 2.95. The van der Waals surface area contributed by atoms with Crippen molar-refractivity contribution in [2.75, 3.05) is 19.7 Å². The molecule has 3 rings (SSSR count). The molecule has 22 heavy (non-hydrogen) atoms. The Morgan fingerprint density at radius 3 is 2.68 bits per heavy atom. The van der Waals surface area contributed by atoms with Crippen LogP contribution in [0.2, 0.25) is 0 Å². The smallest absolute Gasteiger partial charge is 0.290 e. The van der Waals surface area contributed by atoms with E-state index in [0.717, 1.165) is 25.7 Å². The van der Waals surface area contributed by atoms with Gasteiger partial charge in [-0.3, -0.25) is 9.59 Å². The Bertz CT molecular complexity index is 543. The van der Waals surface area contributed by atoms with E-state index >= 15 is 0 Å². The molecule has 2 aliphatic rings. The first-order valence-electron chi connectivity index (χ1n) is 7.78. The minimum Gasteiger partial charge on any atom is -0.368 e. The monoisotopic (exact) mass is 307 g/mol. The first kappa shape index (κ1) is 15.0. The van der Waals surface area contributed by atoms with Gasteiger partial charge in [0.15, 0.2) is 0 Å². The number of rotatable bonds is 3. The molecular formula is C15H21N3O4. The van der Waals surface area contributed by atoms with Crippen molar-refractivity contribution in [2.45, 2.75) is 44.8 Å². The zero-order valence-corrected chi connectivity index (χ0v) is 12.7. The second-order valence-corrected chi connectivity index (χ2v) is 5.91. The molecule has 0 spiro atoms. The summed E-state index contributed by atoms with van der Waals surface area (Å²) in [4.78, 5) is 26.1. The van der Waals surface area contributed by atoms with Crippen LogP contribution in [0.5, 0.6) is 0 Å². The van der Waals surface area contributed by atoms with E-state index in [2.05, 4.69) is 10.5 Å². The van der Waals surface area contributed by atoms with Crippen molar-refractivity contribution >= 4 is 11.8 Å². The van der Waals surface area contributed by atoms with Crippen LogP contribution in [0.3, 0.4) is 0 Å². The van der Waals surface area contributed by atoms with Gasteiger partial charge in [-0.1, -0.05) is 5.16 Å². The lowest BCUT2D eigenvalue weighted by atomic mass is 10.0. The molecule has 7 nitrogen and oxygen atoms in total. The zero-order chi connectivity index (χ0) is 15.5. The minimum atomic E-state index is -0.261. The maximum Gasteiger partial charge on any atom is 0.290 e. The molecule has 2 aliphatic heterocycles. The van der Waals surface area contributed by atoms with Gasteiger partial charge in [-0.25, -0.2) is 0 Å². The lowest BCUT2D eigenvalue weighted by molar-refractivity contribution is -0.142. The first-order valence-corrected chi connectivity index (χ1v) is 7.78. The van der Waals surface area contributed by atoms with Crippen LogP contribution in [0, 0.1) is 6.92 Å². The van der Waals surface area contributed by atoms with E-state index < -0.39 is 0 Å². The molecule has 0 radical (unpaired) electrons. The third-order valence-electron chi connectivity index (χ3n) is 4.20. The number of aryl methyl sites for hydroxylation is 1. The van der Waals surface area contributed by atoms with Gasteiger partial charge < -0.3 is 19.5 Å². The lowest BCUT2D eigenvalue weighted by Gasteiger charge is -2.33. The van der Waals surface area contributed by atoms with E-state index in [1.54, 1.807) is 13.0 Å². The predicted octanol–water partition coefficient (Wildman–Crippen LogP) is 0.883. The number of piperidine rings is 1. The van der Waals surface area contributed by atoms with Crippen molar-refractivity contribution < 1.29 is 18.8 Å². The normalized spacial score (nSPS) is 22.8. The van der Waals surface area contributed by atoms with E-state index in [-0.39, 0.29) is 29.7 Å². The number of nitrogens with zero attached hydrogens (tertiary/aromatic N) is 2. The number of nitrogens with one attached hydrogen (secondary N) is 1. The number of aromatic nitrogens is 1. The molecule has 2 fully saturated rings. The van der Waals surface area contributed by atoms with Crippen molar-refractivity contribution in [3.63, 3.8) is 0 Å². The Morgan fingerprint density at radius 1 is 1.32 bits per heavy atom. The molecular weight excluding hydrogens is 286 g/mol. The number of likely N-dealkylation sites (tertiary alicyclic amines) is 1. The van der Waals surface area contributed by atoms with Gasteiger partial charge in [-0.2, -0.15) is 0 Å². The summed E-state index contributed by atoms with van der Waals surface area (Å²) in [5.41, 5.74) is 0.683. The Kier molecular flexibility index (Phi) is 4.42. The molecule has 1 N–H and O–H groups in total. The van der Waals surface area contributed by atoms with Gasteiger partial charge in [0.25, 0.3) is 11.8 Å². The van der Waals surface area contributed by atoms with Gasteiger partial charge in [0.1, 0.15) is 6.10 Å². The molecule has 1 aromatic rings. The van der Waals surface area contributed by atoms with E-state index in [9.17, 15) is 9.59 Å².